The van der Waals surface area contributed by atoms with Crippen LogP contribution in [-0.2, 0) is 0 Å². The van der Waals surface area contributed by atoms with Gasteiger partial charge in [0.1, 0.15) is 30.1 Å². The molecule has 7 N–H and O–H groups in total. The number of aryl methyl sites for hydroxylation is 2. The first-order valence-corrected chi connectivity index (χ1v) is 27.7. The van der Waals surface area contributed by atoms with E-state index in [2.05, 4.69) is 61.4 Å². The van der Waals surface area contributed by atoms with Crippen LogP contribution in [0.3, 0.4) is 0 Å². The first-order chi connectivity index (χ1) is 36.9. The SMILES string of the molecule is CCOc1nc(N2CCCCC2)nc2c1sc1nc(-c3ccc(Br)cc3)nc(C)c12.CCOc1nc(N2CCNCC2)nc2c1sc1nc(-c3ccc(-c4cccc(N)c4)cc3)nc(C)c12.Nc1cccc(B(O)O)c1. The molecule has 2 saturated heterocycles. The lowest BCUT2D eigenvalue weighted by molar-refractivity contribution is 0.331. The van der Waals surface area contributed by atoms with Crippen LogP contribution in [0.2, 0.25) is 0 Å². The van der Waals surface area contributed by atoms with E-state index in [1.54, 1.807) is 40.9 Å². The molecule has 17 nitrogen and oxygen atoms in total. The zero-order valence-corrected chi connectivity index (χ0v) is 45.8. The number of anilines is 4. The minimum Gasteiger partial charge on any atom is -0.477 e. The third-order valence-electron chi connectivity index (χ3n) is 12.9. The van der Waals surface area contributed by atoms with Crippen LogP contribution >= 0.6 is 38.6 Å². The number of thiophene rings is 2. The van der Waals surface area contributed by atoms with E-state index < -0.39 is 7.12 Å². The Morgan fingerprint density at radius 1 is 0.579 bits per heavy atom. The molecule has 2 aliphatic rings. The van der Waals surface area contributed by atoms with E-state index in [1.165, 1.54) is 25.3 Å². The third-order valence-corrected chi connectivity index (χ3v) is 15.6. The Hall–Kier alpha value is -7.14. The van der Waals surface area contributed by atoms with Crippen molar-refractivity contribution in [3.8, 4) is 45.7 Å². The number of halogens is 1. The number of ether oxygens (including phenoxy) is 2. The fourth-order valence-corrected chi connectivity index (χ4v) is 11.6. The number of piperazine rings is 1. The lowest BCUT2D eigenvalue weighted by Gasteiger charge is -2.27. The molecule has 8 heterocycles. The van der Waals surface area contributed by atoms with Crippen LogP contribution in [0.1, 0.15) is 44.5 Å². The van der Waals surface area contributed by atoms with Crippen molar-refractivity contribution in [2.75, 3.05) is 73.7 Å². The highest BCUT2D eigenvalue weighted by atomic mass is 79.9. The average Bonchev–Trinajstić information content (AvgIpc) is 4.12. The van der Waals surface area contributed by atoms with Crippen molar-refractivity contribution in [1.82, 2.24) is 45.2 Å². The van der Waals surface area contributed by atoms with Crippen LogP contribution in [0, 0.1) is 13.8 Å². The fraction of sp³-hybridized carbons (Fsp3) is 0.273. The Kier molecular flexibility index (Phi) is 16.1. The number of nitrogen functional groups attached to an aromatic ring is 2. The van der Waals surface area contributed by atoms with E-state index >= 15 is 0 Å². The van der Waals surface area contributed by atoms with Crippen LogP contribution < -0.4 is 41.5 Å². The van der Waals surface area contributed by atoms with Crippen molar-refractivity contribution in [1.29, 1.82) is 0 Å². The summed E-state index contributed by atoms with van der Waals surface area (Å²) in [5.74, 6) is 4.14. The van der Waals surface area contributed by atoms with E-state index in [0.29, 0.717) is 47.9 Å². The summed E-state index contributed by atoms with van der Waals surface area (Å²) < 4.78 is 14.8. The number of nitrogens with two attached hydrogens (primary N) is 2. The Morgan fingerprint density at radius 3 is 1.55 bits per heavy atom. The smallest absolute Gasteiger partial charge is 0.477 e. The van der Waals surface area contributed by atoms with Crippen LogP contribution in [0.4, 0.5) is 23.3 Å². The topological polar surface area (TPSA) is 233 Å². The van der Waals surface area contributed by atoms with E-state index in [0.717, 1.165) is 136 Å². The van der Waals surface area contributed by atoms with Crippen molar-refractivity contribution in [3.05, 3.63) is 113 Å². The first-order valence-electron chi connectivity index (χ1n) is 25.3. The van der Waals surface area contributed by atoms with Crippen LogP contribution in [0.5, 0.6) is 11.8 Å². The molecule has 2 aliphatic heterocycles. The van der Waals surface area contributed by atoms with Crippen LogP contribution in [0.25, 0.3) is 74.8 Å². The zero-order valence-electron chi connectivity index (χ0n) is 42.6. The summed E-state index contributed by atoms with van der Waals surface area (Å²) in [7, 11) is -1.43. The van der Waals surface area contributed by atoms with Crippen LogP contribution in [-0.4, -0.2) is 110 Å². The molecule has 0 atom stereocenters. The summed E-state index contributed by atoms with van der Waals surface area (Å²) >= 11 is 6.63. The predicted octanol–water partition coefficient (Wildman–Crippen LogP) is 9.38. The second-order valence-corrected chi connectivity index (χ2v) is 21.2. The van der Waals surface area contributed by atoms with Gasteiger partial charge in [-0.3, -0.25) is 0 Å². The Labute approximate surface area is 456 Å². The molecule has 10 aromatic rings. The second kappa shape index (κ2) is 23.4. The number of hydrogen-bond donors (Lipinski definition) is 5. The number of fused-ring (bicyclic) bond motifs is 6. The largest absolute Gasteiger partial charge is 0.488 e. The van der Waals surface area contributed by atoms with Gasteiger partial charge in [0.25, 0.3) is 0 Å². The Morgan fingerprint density at radius 2 is 1.07 bits per heavy atom. The summed E-state index contributed by atoms with van der Waals surface area (Å²) in [6, 6.07) is 30.7. The minimum atomic E-state index is -1.43. The molecule has 2 fully saturated rings. The normalized spacial score (nSPS) is 13.6. The van der Waals surface area contributed by atoms with Gasteiger partial charge in [0.05, 0.1) is 35.4 Å². The zero-order chi connectivity index (χ0) is 52.9. The molecule has 0 spiro atoms. The molecule has 0 amide bonds. The molecule has 0 radical (unpaired) electrons. The van der Waals surface area contributed by atoms with Gasteiger partial charge in [-0.05, 0) is 99.9 Å². The van der Waals surface area contributed by atoms with Crippen LogP contribution in [0.15, 0.2) is 102 Å². The predicted molar refractivity (Wildman–Crippen MR) is 313 cm³/mol. The van der Waals surface area contributed by atoms with Gasteiger partial charge in [-0.2, -0.15) is 9.97 Å². The fourth-order valence-electron chi connectivity index (χ4n) is 9.16. The Bertz CT molecular complexity index is 3670. The lowest BCUT2D eigenvalue weighted by atomic mass is 9.80. The Balaban J connectivity index is 0.000000148. The summed E-state index contributed by atoms with van der Waals surface area (Å²) in [5, 5.41) is 22.6. The van der Waals surface area contributed by atoms with Crippen molar-refractivity contribution in [2.45, 2.75) is 47.0 Å². The molecule has 76 heavy (non-hydrogen) atoms. The monoisotopic (exact) mass is 1120 g/mol. The second-order valence-electron chi connectivity index (χ2n) is 18.2. The quantitative estimate of drug-likeness (QED) is 0.0634. The van der Waals surface area contributed by atoms with E-state index in [4.69, 9.17) is 70.9 Å². The molecule has 388 valence electrons. The number of nitrogens with zero attached hydrogens (tertiary/aromatic N) is 10. The van der Waals surface area contributed by atoms with Crippen molar-refractivity contribution < 1.29 is 19.5 Å². The highest BCUT2D eigenvalue weighted by molar-refractivity contribution is 9.10. The number of hydrogen-bond acceptors (Lipinski definition) is 19. The van der Waals surface area contributed by atoms with Gasteiger partial charge < -0.3 is 46.1 Å². The van der Waals surface area contributed by atoms with Crippen molar-refractivity contribution in [2.24, 2.45) is 0 Å². The lowest BCUT2D eigenvalue weighted by Crippen LogP contribution is -2.44. The molecule has 0 bridgehead atoms. The molecular formula is C55H57BBrN13O4S2. The molecule has 4 aromatic carbocycles. The standard InChI is InChI=1S/C27H27N7OS.C22H22BrN5OS.C6H8BNO2/c1-3-35-25-23-22(31-27(33-25)34-13-11-29-12-14-34)21-16(2)30-24(32-26(21)36-23)18-9-7-17(8-10-18)19-5-4-6-20(28)15-19;1-3-29-20-18-17(25-22(27-20)28-11-5-4-6-12-28)16-13(2)24-19(26-21(16)30-18)14-7-9-15(23)10-8-14;8-6-3-1-2-5(4-6)7(9)10/h4-10,15,29H,3,11-14,28H2,1-2H3;7-10H,3-6,11-12H2,1-2H3;1-4,9-10H,8H2. The molecular weight excluding hydrogens is 1060 g/mol. The van der Waals surface area contributed by atoms with Gasteiger partial charge in [-0.1, -0.05) is 76.6 Å². The van der Waals surface area contributed by atoms with E-state index in [-0.39, 0.29) is 0 Å². The summed E-state index contributed by atoms with van der Waals surface area (Å²) in [5.41, 5.74) is 20.8. The highest BCUT2D eigenvalue weighted by Crippen LogP contribution is 2.42. The van der Waals surface area contributed by atoms with Gasteiger partial charge in [0.15, 0.2) is 11.6 Å². The number of nitrogens with one attached hydrogen (secondary N) is 1. The third kappa shape index (κ3) is 11.5. The average molecular weight is 1120 g/mol. The maximum absolute atomic E-state index is 8.65. The summed E-state index contributed by atoms with van der Waals surface area (Å²) in [6.07, 6.45) is 3.62. The van der Waals surface area contributed by atoms with Gasteiger partial charge in [-0.25, -0.2) is 29.9 Å². The molecule has 21 heteroatoms. The number of rotatable bonds is 10. The maximum Gasteiger partial charge on any atom is 0.488 e. The summed E-state index contributed by atoms with van der Waals surface area (Å²) in [4.78, 5) is 45.3. The molecule has 0 saturated carbocycles. The van der Waals surface area contributed by atoms with Crippen molar-refractivity contribution in [3.63, 3.8) is 0 Å². The van der Waals surface area contributed by atoms with Gasteiger partial charge in [0, 0.05) is 66.2 Å². The number of benzene rings is 4. The molecule has 6 aromatic heterocycles. The minimum absolute atomic E-state index is 0.417. The molecule has 0 unspecified atom stereocenters. The molecule has 0 aliphatic carbocycles. The van der Waals surface area contributed by atoms with E-state index in [1.807, 2.05) is 70.2 Å². The first kappa shape index (κ1) is 52.3. The number of piperidine rings is 1. The van der Waals surface area contributed by atoms with Crippen molar-refractivity contribution >= 4 is 115 Å². The van der Waals surface area contributed by atoms with Gasteiger partial charge in [0.2, 0.25) is 23.7 Å². The summed E-state index contributed by atoms with van der Waals surface area (Å²) in [6.45, 7) is 14.6. The van der Waals surface area contributed by atoms with Gasteiger partial charge >= 0.3 is 7.12 Å². The maximum atomic E-state index is 8.65. The molecule has 12 rings (SSSR count). The van der Waals surface area contributed by atoms with Gasteiger partial charge in [-0.15, -0.1) is 22.7 Å². The highest BCUT2D eigenvalue weighted by Gasteiger charge is 2.25. The van der Waals surface area contributed by atoms with E-state index in [9.17, 15) is 0 Å². The number of aromatic nitrogens is 8.